The molecular formula is C27H25N. The largest absolute Gasteiger partial charge is 0.361 e. The van der Waals surface area contributed by atoms with Crippen molar-refractivity contribution in [1.82, 2.24) is 4.98 Å². The predicted octanol–water partition coefficient (Wildman–Crippen LogP) is 7.73. The highest BCUT2D eigenvalue weighted by Gasteiger charge is 1.96. The van der Waals surface area contributed by atoms with Crippen LogP contribution in [0.5, 0.6) is 0 Å². The summed E-state index contributed by atoms with van der Waals surface area (Å²) in [7, 11) is 0. The van der Waals surface area contributed by atoms with Gasteiger partial charge in [-0.05, 0) is 59.0 Å². The van der Waals surface area contributed by atoms with Crippen LogP contribution in [0.25, 0.3) is 34.2 Å². The standard InChI is InChI=1S/C27H25N/c1(3-6-10-23-15-18-26-19-20-28-27(26)21-23)2-5-9-22-13-16-25(17-14-22)24-11-7-4-8-12-24/h4-21,28H,1-3H2/b9-5+,10-6+. The maximum atomic E-state index is 3.26. The minimum absolute atomic E-state index is 1.10. The van der Waals surface area contributed by atoms with E-state index in [9.17, 15) is 0 Å². The van der Waals surface area contributed by atoms with E-state index in [0.29, 0.717) is 0 Å². The van der Waals surface area contributed by atoms with Crippen LogP contribution in [0.2, 0.25) is 0 Å². The molecule has 0 bridgehead atoms. The van der Waals surface area contributed by atoms with Gasteiger partial charge in [-0.2, -0.15) is 0 Å². The minimum atomic E-state index is 1.10. The number of allylic oxidation sites excluding steroid dienone is 2. The van der Waals surface area contributed by atoms with Gasteiger partial charge in [-0.15, -0.1) is 0 Å². The molecule has 0 aliphatic rings. The van der Waals surface area contributed by atoms with Gasteiger partial charge in [0.1, 0.15) is 0 Å². The third-order valence-electron chi connectivity index (χ3n) is 4.96. The first-order chi connectivity index (χ1) is 13.9. The quantitative estimate of drug-likeness (QED) is 0.323. The zero-order chi connectivity index (χ0) is 19.0. The van der Waals surface area contributed by atoms with Crippen LogP contribution in [0.1, 0.15) is 30.4 Å². The lowest BCUT2D eigenvalue weighted by molar-refractivity contribution is 0.873. The van der Waals surface area contributed by atoms with Crippen LogP contribution >= 0.6 is 0 Å². The number of hydrogen-bond acceptors (Lipinski definition) is 0. The highest BCUT2D eigenvalue weighted by Crippen LogP contribution is 2.20. The normalized spacial score (nSPS) is 11.7. The number of unbranched alkanes of at least 4 members (excludes halogenated alkanes) is 2. The Labute approximate surface area is 167 Å². The Hall–Kier alpha value is -3.32. The molecule has 0 atom stereocenters. The summed E-state index contributed by atoms with van der Waals surface area (Å²) in [6.45, 7) is 0. The van der Waals surface area contributed by atoms with E-state index in [2.05, 4.69) is 108 Å². The van der Waals surface area contributed by atoms with E-state index >= 15 is 0 Å². The smallest absolute Gasteiger partial charge is 0.0459 e. The van der Waals surface area contributed by atoms with E-state index in [-0.39, 0.29) is 0 Å². The Balaban J connectivity index is 1.23. The predicted molar refractivity (Wildman–Crippen MR) is 122 cm³/mol. The lowest BCUT2D eigenvalue weighted by atomic mass is 10.0. The molecule has 1 nitrogen and oxygen atoms in total. The fourth-order valence-electron chi connectivity index (χ4n) is 3.38. The van der Waals surface area contributed by atoms with E-state index in [0.717, 1.165) is 12.8 Å². The molecule has 4 aromatic rings. The van der Waals surface area contributed by atoms with Gasteiger partial charge < -0.3 is 4.98 Å². The first-order valence-corrected chi connectivity index (χ1v) is 9.94. The third kappa shape index (κ3) is 4.69. The van der Waals surface area contributed by atoms with Crippen molar-refractivity contribution in [3.8, 4) is 11.1 Å². The molecule has 138 valence electrons. The number of aromatic nitrogens is 1. The second kappa shape index (κ2) is 9.05. The molecule has 1 heteroatoms. The number of benzene rings is 3. The second-order valence-corrected chi connectivity index (χ2v) is 7.05. The van der Waals surface area contributed by atoms with E-state index in [1.807, 2.05) is 6.20 Å². The molecule has 0 unspecified atom stereocenters. The summed E-state index contributed by atoms with van der Waals surface area (Å²) in [6, 6.07) is 27.9. The maximum absolute atomic E-state index is 3.26. The highest BCUT2D eigenvalue weighted by molar-refractivity contribution is 5.81. The van der Waals surface area contributed by atoms with Gasteiger partial charge in [0, 0.05) is 11.7 Å². The molecule has 3 aromatic carbocycles. The van der Waals surface area contributed by atoms with Crippen molar-refractivity contribution in [3.63, 3.8) is 0 Å². The Kier molecular flexibility index (Phi) is 5.84. The van der Waals surface area contributed by atoms with Gasteiger partial charge in [0.25, 0.3) is 0 Å². The summed E-state index contributed by atoms with van der Waals surface area (Å²) in [4.78, 5) is 3.26. The summed E-state index contributed by atoms with van der Waals surface area (Å²) in [5.74, 6) is 0. The average molecular weight is 364 g/mol. The summed E-state index contributed by atoms with van der Waals surface area (Å²) < 4.78 is 0. The summed E-state index contributed by atoms with van der Waals surface area (Å²) in [6.07, 6.45) is 14.3. The molecule has 0 aliphatic heterocycles. The first kappa shape index (κ1) is 18.1. The molecule has 0 aliphatic carbocycles. The fourth-order valence-corrected chi connectivity index (χ4v) is 3.38. The van der Waals surface area contributed by atoms with E-state index in [1.54, 1.807) is 0 Å². The number of aromatic amines is 1. The number of hydrogen-bond donors (Lipinski definition) is 1. The van der Waals surface area contributed by atoms with Gasteiger partial charge in [0.05, 0.1) is 0 Å². The lowest BCUT2D eigenvalue weighted by Crippen LogP contribution is -1.78. The molecule has 0 amide bonds. The molecule has 0 saturated carbocycles. The summed E-state index contributed by atoms with van der Waals surface area (Å²) in [5.41, 5.74) is 6.24. The molecular weight excluding hydrogens is 338 g/mol. The van der Waals surface area contributed by atoms with E-state index in [4.69, 9.17) is 0 Å². The Morgan fingerprint density at radius 3 is 2.11 bits per heavy atom. The van der Waals surface area contributed by atoms with Crippen LogP contribution in [0.3, 0.4) is 0 Å². The van der Waals surface area contributed by atoms with Gasteiger partial charge in [-0.25, -0.2) is 0 Å². The third-order valence-corrected chi connectivity index (χ3v) is 4.96. The van der Waals surface area contributed by atoms with Crippen LogP contribution in [0.4, 0.5) is 0 Å². The molecule has 1 heterocycles. The van der Waals surface area contributed by atoms with Crippen molar-refractivity contribution >= 4 is 23.1 Å². The molecule has 4 rings (SSSR count). The van der Waals surface area contributed by atoms with Crippen LogP contribution < -0.4 is 0 Å². The number of fused-ring (bicyclic) bond motifs is 1. The Morgan fingerprint density at radius 1 is 0.643 bits per heavy atom. The second-order valence-electron chi connectivity index (χ2n) is 7.05. The monoisotopic (exact) mass is 363 g/mol. The lowest BCUT2D eigenvalue weighted by Gasteiger charge is -2.01. The van der Waals surface area contributed by atoms with Crippen LogP contribution in [0, 0.1) is 0 Å². The van der Waals surface area contributed by atoms with Gasteiger partial charge in [0.15, 0.2) is 0 Å². The maximum Gasteiger partial charge on any atom is 0.0459 e. The van der Waals surface area contributed by atoms with Crippen LogP contribution in [-0.2, 0) is 0 Å². The number of H-pyrrole nitrogens is 1. The van der Waals surface area contributed by atoms with Crippen molar-refractivity contribution in [2.75, 3.05) is 0 Å². The van der Waals surface area contributed by atoms with Gasteiger partial charge in [0.2, 0.25) is 0 Å². The molecule has 1 aromatic heterocycles. The van der Waals surface area contributed by atoms with Crippen molar-refractivity contribution in [1.29, 1.82) is 0 Å². The van der Waals surface area contributed by atoms with Crippen molar-refractivity contribution < 1.29 is 0 Å². The minimum Gasteiger partial charge on any atom is -0.361 e. The van der Waals surface area contributed by atoms with Gasteiger partial charge >= 0.3 is 0 Å². The molecule has 0 spiro atoms. The number of nitrogens with one attached hydrogen (secondary N) is 1. The van der Waals surface area contributed by atoms with Crippen molar-refractivity contribution in [2.24, 2.45) is 0 Å². The van der Waals surface area contributed by atoms with Crippen molar-refractivity contribution in [3.05, 3.63) is 108 Å². The SMILES string of the molecule is C(=C\c1ccc(-c2ccccc2)cc1)/CCC/C=C/c1ccc2cc[nH]c2c1. The molecule has 0 radical (unpaired) electrons. The zero-order valence-corrected chi connectivity index (χ0v) is 16.0. The Morgan fingerprint density at radius 2 is 1.32 bits per heavy atom. The van der Waals surface area contributed by atoms with Gasteiger partial charge in [-0.1, -0.05) is 91.0 Å². The van der Waals surface area contributed by atoms with E-state index in [1.165, 1.54) is 39.6 Å². The highest BCUT2D eigenvalue weighted by atomic mass is 14.7. The van der Waals surface area contributed by atoms with Crippen LogP contribution in [0.15, 0.2) is 97.2 Å². The van der Waals surface area contributed by atoms with Gasteiger partial charge in [-0.3, -0.25) is 0 Å². The summed E-state index contributed by atoms with van der Waals surface area (Å²) >= 11 is 0. The molecule has 28 heavy (non-hydrogen) atoms. The van der Waals surface area contributed by atoms with Crippen LogP contribution in [-0.4, -0.2) is 4.98 Å². The molecule has 0 fully saturated rings. The zero-order valence-electron chi connectivity index (χ0n) is 16.0. The van der Waals surface area contributed by atoms with E-state index < -0.39 is 0 Å². The Bertz CT molecular complexity index is 1070. The average Bonchev–Trinajstić information content (AvgIpc) is 3.22. The summed E-state index contributed by atoms with van der Waals surface area (Å²) in [5, 5.41) is 1.26. The molecule has 0 saturated heterocycles. The number of rotatable bonds is 7. The van der Waals surface area contributed by atoms with Crippen molar-refractivity contribution in [2.45, 2.75) is 19.3 Å². The first-order valence-electron chi connectivity index (χ1n) is 9.94. The molecule has 1 N–H and O–H groups in total. The fraction of sp³-hybridized carbons (Fsp3) is 0.111. The topological polar surface area (TPSA) is 15.8 Å².